The van der Waals surface area contributed by atoms with Crippen LogP contribution in [-0.2, 0) is 9.53 Å². The van der Waals surface area contributed by atoms with E-state index in [0.717, 1.165) is 59.1 Å². The van der Waals surface area contributed by atoms with Crippen molar-refractivity contribution in [2.24, 2.45) is 5.92 Å². The number of anilines is 1. The number of allylic oxidation sites excluding steroid dienone is 3. The van der Waals surface area contributed by atoms with Gasteiger partial charge in [-0.1, -0.05) is 201 Å². The first-order valence-electron chi connectivity index (χ1n) is 9.91. The van der Waals surface area contributed by atoms with Crippen molar-refractivity contribution in [2.45, 2.75) is 216 Å². The van der Waals surface area contributed by atoms with Gasteiger partial charge in [0.1, 0.15) is 0 Å². The average molecular weight is 766 g/mol. The van der Waals surface area contributed by atoms with E-state index in [1.807, 2.05) is 25.1 Å². The van der Waals surface area contributed by atoms with Crippen LogP contribution in [0.5, 0.6) is 0 Å². The minimum atomic E-state index is -0.118. The van der Waals surface area contributed by atoms with Crippen molar-refractivity contribution >= 4 is 39.7 Å². The van der Waals surface area contributed by atoms with E-state index in [2.05, 4.69) is 12.7 Å². The van der Waals surface area contributed by atoms with Gasteiger partial charge in [0.2, 0.25) is 0 Å². The third-order valence-corrected chi connectivity index (χ3v) is 6.09. The molecule has 5 heteroatoms. The van der Waals surface area contributed by atoms with Gasteiger partial charge in [-0.25, -0.2) is 4.98 Å². The second kappa shape index (κ2) is 57.0. The van der Waals surface area contributed by atoms with Crippen LogP contribution in [0.2, 0.25) is 5.02 Å². The molecule has 2 aliphatic rings. The summed E-state index contributed by atoms with van der Waals surface area (Å²) in [5, 5.41) is 1.61. The van der Waals surface area contributed by atoms with Crippen LogP contribution in [0.3, 0.4) is 0 Å². The lowest BCUT2D eigenvalue weighted by Gasteiger charge is -2.37. The largest absolute Gasteiger partial charge is 0.466 e. The fraction of sp³-hybridized carbons (Fsp3) is 0.696. The molecule has 1 aromatic carbocycles. The molecule has 51 heavy (non-hydrogen) atoms. The fourth-order valence-electron chi connectivity index (χ4n) is 4.58. The molecule has 0 saturated heterocycles. The maximum absolute atomic E-state index is 11.6. The lowest BCUT2D eigenvalue weighted by molar-refractivity contribution is -0.143. The maximum atomic E-state index is 11.6. The van der Waals surface area contributed by atoms with E-state index in [-0.39, 0.29) is 183 Å². The highest BCUT2D eigenvalue weighted by molar-refractivity contribution is 6.31. The van der Waals surface area contributed by atoms with Crippen LogP contribution in [0.1, 0.15) is 227 Å². The van der Waals surface area contributed by atoms with E-state index in [4.69, 9.17) is 27.1 Å². The van der Waals surface area contributed by atoms with Gasteiger partial charge in [-0.3, -0.25) is 4.79 Å². The number of aromatic nitrogens is 1. The predicted molar refractivity (Wildman–Crippen MR) is 269 cm³/mol. The van der Waals surface area contributed by atoms with Gasteiger partial charge in [0.25, 0.3) is 0 Å². The molecule has 2 unspecified atom stereocenters. The van der Waals surface area contributed by atoms with Gasteiger partial charge in [-0.05, 0) is 62.3 Å². The van der Waals surface area contributed by atoms with Gasteiger partial charge >= 0.3 is 5.97 Å². The number of nitrogens with zero attached hydrogens (tertiary/aromatic N) is 1. The minimum absolute atomic E-state index is 0. The highest BCUT2D eigenvalue weighted by atomic mass is 35.5. The topological polar surface area (TPSA) is 65.2 Å². The minimum Gasteiger partial charge on any atom is -0.466 e. The zero-order valence-electron chi connectivity index (χ0n) is 16.1. The number of carbonyl (C=O) groups is 1. The van der Waals surface area contributed by atoms with Crippen molar-refractivity contribution in [1.82, 2.24) is 4.98 Å². The lowest BCUT2D eigenvalue weighted by atomic mass is 9.68. The molecule has 4 rings (SSSR count). The molecule has 0 radical (unpaired) electrons. The van der Waals surface area contributed by atoms with E-state index in [1.165, 1.54) is 5.57 Å². The molecule has 0 spiro atoms. The number of esters is 1. The van der Waals surface area contributed by atoms with Gasteiger partial charge < -0.3 is 10.5 Å². The molecule has 0 aliphatic heterocycles. The van der Waals surface area contributed by atoms with E-state index in [9.17, 15) is 4.79 Å². The van der Waals surface area contributed by atoms with Crippen LogP contribution in [0.15, 0.2) is 36.4 Å². The molecule has 0 saturated carbocycles. The Morgan fingerprint density at radius 1 is 0.804 bits per heavy atom. The Bertz CT molecular complexity index is 1000. The summed E-state index contributed by atoms with van der Waals surface area (Å²) in [6.45, 7) is 6.62. The number of fused-ring (bicyclic) bond motifs is 5. The molecule has 2 aromatic rings. The summed E-state index contributed by atoms with van der Waals surface area (Å²) < 4.78 is 5.03. The Morgan fingerprint density at radius 3 is 1.69 bits per heavy atom. The van der Waals surface area contributed by atoms with Crippen LogP contribution < -0.4 is 5.73 Å². The third-order valence-electron chi connectivity index (χ3n) is 5.86. The second-order valence-corrected chi connectivity index (χ2v) is 8.14. The standard InChI is InChI=1S/C23H25ClN2O2.23CH4/c1-3-28-20(27)6-4-5-14-9-15-11-16(10-14)21-22(25)18-8-7-17(24)12-19(18)26-23(21)13(15)2;;;;;;;;;;;;;;;;;;;;;;;/h7-9,12,15-16H,2-6,10-11H2,1H3,(H2,25,26);23*1H4. The molecule has 0 amide bonds. The van der Waals surface area contributed by atoms with Gasteiger partial charge in [0.05, 0.1) is 17.8 Å². The number of ether oxygens (including phenoxy) is 1. The monoisotopic (exact) mass is 765 g/mol. The van der Waals surface area contributed by atoms with E-state index < -0.39 is 0 Å². The Balaban J connectivity index is -0.0000000232. The van der Waals surface area contributed by atoms with E-state index in [1.54, 1.807) is 0 Å². The fourth-order valence-corrected chi connectivity index (χ4v) is 4.75. The molecular weight excluding hydrogens is 648 g/mol. The maximum Gasteiger partial charge on any atom is 0.305 e. The number of pyridine rings is 1. The van der Waals surface area contributed by atoms with Gasteiger partial charge in [-0.15, -0.1) is 0 Å². The SMILES string of the molecule is C.C.C.C.C.C.C.C.C.C.C.C.C.C.C.C.C.C.C.C.C.C.C.C=C1c2nc3cc(Cl)ccc3c(N)c2C2CC(CCCC(=O)OCC)=CC1C2. The van der Waals surface area contributed by atoms with Crippen molar-refractivity contribution in [2.75, 3.05) is 12.3 Å². The Labute approximate surface area is 339 Å². The molecule has 4 nitrogen and oxygen atoms in total. The Hall–Kier alpha value is -2.33. The van der Waals surface area contributed by atoms with Gasteiger partial charge in [0.15, 0.2) is 0 Å². The number of rotatable bonds is 5. The number of benzene rings is 1. The molecule has 1 aromatic heterocycles. The van der Waals surface area contributed by atoms with Gasteiger partial charge in [-0.2, -0.15) is 0 Å². The highest BCUT2D eigenvalue weighted by Gasteiger charge is 2.35. The van der Waals surface area contributed by atoms with Crippen LogP contribution >= 0.6 is 11.6 Å². The second-order valence-electron chi connectivity index (χ2n) is 7.70. The zero-order chi connectivity index (χ0) is 19.8. The molecular formula is C46H117ClN2O2. The van der Waals surface area contributed by atoms with Crippen molar-refractivity contribution in [1.29, 1.82) is 0 Å². The van der Waals surface area contributed by atoms with Crippen LogP contribution in [0, 0.1) is 5.92 Å². The number of halogens is 1. The normalized spacial score (nSPS) is 11.3. The van der Waals surface area contributed by atoms with Gasteiger partial charge in [0, 0.05) is 34.0 Å². The summed E-state index contributed by atoms with van der Waals surface area (Å²) in [5.41, 5.74) is 12.7. The van der Waals surface area contributed by atoms with Crippen molar-refractivity contribution < 1.29 is 9.53 Å². The molecule has 0 fully saturated rings. The first-order chi connectivity index (χ1) is 13.5. The first-order valence-corrected chi connectivity index (χ1v) is 10.3. The zero-order valence-corrected chi connectivity index (χ0v) is 16.9. The first kappa shape index (κ1) is 135. The summed E-state index contributed by atoms with van der Waals surface area (Å²) in [5.74, 6) is 0.514. The lowest BCUT2D eigenvalue weighted by Crippen LogP contribution is -2.23. The van der Waals surface area contributed by atoms with E-state index >= 15 is 0 Å². The summed E-state index contributed by atoms with van der Waals surface area (Å²) >= 11 is 6.15. The number of nitrogen functional groups attached to an aromatic ring is 1. The molecule has 2 atom stereocenters. The molecule has 2 bridgehead atoms. The highest BCUT2D eigenvalue weighted by Crippen LogP contribution is 2.51. The third kappa shape index (κ3) is 27.9. The van der Waals surface area contributed by atoms with E-state index in [0.29, 0.717) is 24.0 Å². The molecule has 330 valence electrons. The van der Waals surface area contributed by atoms with Crippen molar-refractivity contribution in [3.8, 4) is 0 Å². The Morgan fingerprint density at radius 2 is 1.25 bits per heavy atom. The van der Waals surface area contributed by atoms with Crippen LogP contribution in [0.4, 0.5) is 5.69 Å². The smallest absolute Gasteiger partial charge is 0.305 e. The number of hydrogen-bond acceptors (Lipinski definition) is 4. The molecule has 1 heterocycles. The molecule has 2 aliphatic carbocycles. The average Bonchev–Trinajstić information content (AvgIpc) is 2.66. The molecule has 2 N–H and O–H groups in total. The summed E-state index contributed by atoms with van der Waals surface area (Å²) in [6.07, 6.45) is 6.50. The quantitative estimate of drug-likeness (QED) is 0.243. The summed E-state index contributed by atoms with van der Waals surface area (Å²) in [6, 6.07) is 5.67. The van der Waals surface area contributed by atoms with Crippen LogP contribution in [0.25, 0.3) is 16.5 Å². The Kier molecular flexibility index (Phi) is 150. The van der Waals surface area contributed by atoms with Crippen molar-refractivity contribution in [3.63, 3.8) is 0 Å². The van der Waals surface area contributed by atoms with Crippen LogP contribution in [-0.4, -0.2) is 17.6 Å². The number of carbonyl (C=O) groups excluding carboxylic acids is 1. The predicted octanol–water partition coefficient (Wildman–Crippen LogP) is 20.3. The summed E-state index contributed by atoms with van der Waals surface area (Å²) in [7, 11) is 0. The number of nitrogens with two attached hydrogens (primary N) is 1. The van der Waals surface area contributed by atoms with Crippen molar-refractivity contribution in [3.05, 3.63) is 52.7 Å². The number of hydrogen-bond donors (Lipinski definition) is 1. The summed E-state index contributed by atoms with van der Waals surface area (Å²) in [4.78, 5) is 16.5.